The third-order valence-corrected chi connectivity index (χ3v) is 5.38. The van der Waals surface area contributed by atoms with Crippen LogP contribution in [0.4, 0.5) is 4.79 Å². The van der Waals surface area contributed by atoms with Crippen molar-refractivity contribution in [3.63, 3.8) is 0 Å². The van der Waals surface area contributed by atoms with Gasteiger partial charge in [0.1, 0.15) is 0 Å². The van der Waals surface area contributed by atoms with Crippen molar-refractivity contribution >= 4 is 11.9 Å². The first-order valence-electron chi connectivity index (χ1n) is 9.32. The lowest BCUT2D eigenvalue weighted by Crippen LogP contribution is -2.62. The zero-order chi connectivity index (χ0) is 17.4. The van der Waals surface area contributed by atoms with Gasteiger partial charge in [-0.25, -0.2) is 4.79 Å². The number of carbonyl (C=O) groups excluding carboxylic acids is 2. The highest BCUT2D eigenvalue weighted by atomic mass is 16.5. The third kappa shape index (κ3) is 3.85. The van der Waals surface area contributed by atoms with E-state index in [1.54, 1.807) is 0 Å². The van der Waals surface area contributed by atoms with Crippen LogP contribution in [-0.2, 0) is 9.53 Å². The lowest BCUT2D eigenvalue weighted by molar-refractivity contribution is -0.184. The van der Waals surface area contributed by atoms with Crippen molar-refractivity contribution in [2.75, 3.05) is 26.2 Å². The number of amides is 3. The summed E-state index contributed by atoms with van der Waals surface area (Å²) in [5.74, 6) is 0.202. The lowest BCUT2D eigenvalue weighted by Gasteiger charge is -2.48. The monoisotopic (exact) mass is 337 g/mol. The molecule has 3 rings (SSSR count). The number of nitrogens with one attached hydrogen (secondary N) is 1. The third-order valence-electron chi connectivity index (χ3n) is 5.38. The van der Waals surface area contributed by atoms with E-state index in [1.807, 2.05) is 16.7 Å². The number of urea groups is 1. The molecule has 0 aromatic heterocycles. The number of nitrogens with zero attached hydrogens (tertiary/aromatic N) is 2. The number of morpholine rings is 1. The Hall–Kier alpha value is -1.30. The largest absolute Gasteiger partial charge is 0.365 e. The summed E-state index contributed by atoms with van der Waals surface area (Å²) in [5, 5.41) is 3.08. The predicted octanol–water partition coefficient (Wildman–Crippen LogP) is 2.13. The van der Waals surface area contributed by atoms with E-state index < -0.39 is 0 Å². The summed E-state index contributed by atoms with van der Waals surface area (Å²) in [6.07, 6.45) is 6.01. The van der Waals surface area contributed by atoms with Gasteiger partial charge in [0.15, 0.2) is 0 Å². The molecular weight excluding hydrogens is 306 g/mol. The Morgan fingerprint density at radius 2 is 1.96 bits per heavy atom. The fraction of sp³-hybridized carbons (Fsp3) is 0.889. The van der Waals surface area contributed by atoms with Crippen molar-refractivity contribution < 1.29 is 14.3 Å². The molecule has 1 saturated carbocycles. The quantitative estimate of drug-likeness (QED) is 0.858. The molecular formula is C18H31N3O3. The Kier molecular flexibility index (Phi) is 4.78. The first kappa shape index (κ1) is 17.5. The van der Waals surface area contributed by atoms with E-state index in [1.165, 1.54) is 12.8 Å². The minimum Gasteiger partial charge on any atom is -0.365 e. The topological polar surface area (TPSA) is 61.9 Å². The molecule has 2 heterocycles. The van der Waals surface area contributed by atoms with Crippen LogP contribution in [0, 0.1) is 0 Å². The van der Waals surface area contributed by atoms with Crippen molar-refractivity contribution in [3.05, 3.63) is 0 Å². The van der Waals surface area contributed by atoms with Crippen LogP contribution in [0.2, 0.25) is 0 Å². The molecule has 0 aromatic rings. The van der Waals surface area contributed by atoms with Gasteiger partial charge >= 0.3 is 6.03 Å². The highest BCUT2D eigenvalue weighted by Gasteiger charge is 2.47. The highest BCUT2D eigenvalue weighted by Crippen LogP contribution is 2.40. The van der Waals surface area contributed by atoms with Gasteiger partial charge in [-0.2, -0.15) is 0 Å². The summed E-state index contributed by atoms with van der Waals surface area (Å²) >= 11 is 0. The minimum absolute atomic E-state index is 0.0307. The zero-order valence-corrected chi connectivity index (χ0v) is 15.3. The molecule has 6 nitrogen and oxygen atoms in total. The minimum atomic E-state index is -0.311. The number of carbonyl (C=O) groups is 2. The summed E-state index contributed by atoms with van der Waals surface area (Å²) in [6, 6.07) is -0.0677. The molecule has 3 aliphatic rings. The summed E-state index contributed by atoms with van der Waals surface area (Å²) in [4.78, 5) is 28.3. The van der Waals surface area contributed by atoms with Gasteiger partial charge in [-0.1, -0.05) is 12.8 Å². The van der Waals surface area contributed by atoms with Crippen molar-refractivity contribution in [3.8, 4) is 0 Å². The summed E-state index contributed by atoms with van der Waals surface area (Å²) in [7, 11) is 0. The molecule has 2 aliphatic heterocycles. The SMILES string of the molecule is CC(CN1CCCC1=O)NC(=O)N1CC(C)(C)OC2(CCCC2)C1. The maximum Gasteiger partial charge on any atom is 0.317 e. The lowest BCUT2D eigenvalue weighted by atomic mass is 9.94. The van der Waals surface area contributed by atoms with Crippen molar-refractivity contribution in [1.82, 2.24) is 15.1 Å². The van der Waals surface area contributed by atoms with Gasteiger partial charge < -0.3 is 19.9 Å². The van der Waals surface area contributed by atoms with E-state index in [9.17, 15) is 9.59 Å². The first-order chi connectivity index (χ1) is 11.3. The average Bonchev–Trinajstić information content (AvgIpc) is 3.07. The Morgan fingerprint density at radius 3 is 2.58 bits per heavy atom. The van der Waals surface area contributed by atoms with Crippen LogP contribution < -0.4 is 5.32 Å². The van der Waals surface area contributed by atoms with Crippen LogP contribution >= 0.6 is 0 Å². The van der Waals surface area contributed by atoms with Gasteiger partial charge in [-0.15, -0.1) is 0 Å². The van der Waals surface area contributed by atoms with Crippen LogP contribution in [0.5, 0.6) is 0 Å². The normalized spacial score (nSPS) is 26.9. The van der Waals surface area contributed by atoms with E-state index in [2.05, 4.69) is 19.2 Å². The maximum absolute atomic E-state index is 12.7. The Labute approximate surface area is 144 Å². The number of ether oxygens (including phenoxy) is 1. The number of hydrogen-bond donors (Lipinski definition) is 1. The molecule has 0 bridgehead atoms. The van der Waals surface area contributed by atoms with Gasteiger partial charge in [0, 0.05) is 25.6 Å². The van der Waals surface area contributed by atoms with Crippen LogP contribution in [0.3, 0.4) is 0 Å². The second-order valence-electron chi connectivity index (χ2n) is 8.40. The molecule has 0 radical (unpaired) electrons. The zero-order valence-electron chi connectivity index (χ0n) is 15.3. The van der Waals surface area contributed by atoms with Gasteiger partial charge in [0.25, 0.3) is 0 Å². The standard InChI is InChI=1S/C18H31N3O3/c1-14(11-20-10-6-7-15(20)22)19-16(23)21-12-17(2,3)24-18(13-21)8-4-5-9-18/h14H,4-13H2,1-3H3,(H,19,23). The van der Waals surface area contributed by atoms with E-state index in [-0.39, 0.29) is 29.2 Å². The number of hydrogen-bond acceptors (Lipinski definition) is 3. The summed E-state index contributed by atoms with van der Waals surface area (Å²) in [6.45, 7) is 8.81. The fourth-order valence-corrected chi connectivity index (χ4v) is 4.51. The Morgan fingerprint density at radius 1 is 1.25 bits per heavy atom. The molecule has 1 N–H and O–H groups in total. The molecule has 1 unspecified atom stereocenters. The van der Waals surface area contributed by atoms with E-state index in [4.69, 9.17) is 4.74 Å². The summed E-state index contributed by atoms with van der Waals surface area (Å²) < 4.78 is 6.35. The molecule has 6 heteroatoms. The smallest absolute Gasteiger partial charge is 0.317 e. The van der Waals surface area contributed by atoms with Gasteiger partial charge in [-0.05, 0) is 40.0 Å². The number of likely N-dealkylation sites (tertiary alicyclic amines) is 1. The second kappa shape index (κ2) is 6.54. The van der Waals surface area contributed by atoms with Crippen molar-refractivity contribution in [1.29, 1.82) is 0 Å². The van der Waals surface area contributed by atoms with Crippen LogP contribution in [0.1, 0.15) is 59.3 Å². The maximum atomic E-state index is 12.7. The molecule has 3 amide bonds. The van der Waals surface area contributed by atoms with E-state index >= 15 is 0 Å². The van der Waals surface area contributed by atoms with E-state index in [0.29, 0.717) is 26.1 Å². The average molecular weight is 337 g/mol. The van der Waals surface area contributed by atoms with Gasteiger partial charge in [0.05, 0.1) is 24.3 Å². The molecule has 24 heavy (non-hydrogen) atoms. The molecule has 1 spiro atoms. The van der Waals surface area contributed by atoms with Crippen molar-refractivity contribution in [2.24, 2.45) is 0 Å². The van der Waals surface area contributed by atoms with Crippen LogP contribution in [0.25, 0.3) is 0 Å². The van der Waals surface area contributed by atoms with Gasteiger partial charge in [-0.3, -0.25) is 4.79 Å². The molecule has 1 aliphatic carbocycles. The summed E-state index contributed by atoms with van der Waals surface area (Å²) in [5.41, 5.74) is -0.471. The molecule has 2 saturated heterocycles. The van der Waals surface area contributed by atoms with Gasteiger partial charge in [0.2, 0.25) is 5.91 Å². The highest BCUT2D eigenvalue weighted by molar-refractivity contribution is 5.78. The second-order valence-corrected chi connectivity index (χ2v) is 8.40. The van der Waals surface area contributed by atoms with E-state index in [0.717, 1.165) is 25.8 Å². The molecule has 1 atom stereocenters. The van der Waals surface area contributed by atoms with Crippen LogP contribution in [0.15, 0.2) is 0 Å². The molecule has 3 fully saturated rings. The van der Waals surface area contributed by atoms with Crippen LogP contribution in [-0.4, -0.2) is 65.2 Å². The first-order valence-corrected chi connectivity index (χ1v) is 9.32. The van der Waals surface area contributed by atoms with Crippen molar-refractivity contribution in [2.45, 2.75) is 76.5 Å². The Bertz CT molecular complexity index is 500. The fourth-order valence-electron chi connectivity index (χ4n) is 4.51. The Balaban J connectivity index is 1.58. The number of rotatable bonds is 3. The predicted molar refractivity (Wildman–Crippen MR) is 91.7 cm³/mol. The molecule has 136 valence electrons. The molecule has 0 aromatic carbocycles.